The van der Waals surface area contributed by atoms with Gasteiger partial charge in [-0.05, 0) is 47.5 Å². The predicted molar refractivity (Wildman–Crippen MR) is 108 cm³/mol. The van der Waals surface area contributed by atoms with E-state index in [1.807, 2.05) is 24.3 Å². The molecule has 0 amide bonds. The van der Waals surface area contributed by atoms with Gasteiger partial charge in [0.1, 0.15) is 0 Å². The zero-order valence-corrected chi connectivity index (χ0v) is 15.4. The van der Waals surface area contributed by atoms with Crippen LogP contribution in [-0.2, 0) is 6.18 Å². The van der Waals surface area contributed by atoms with Gasteiger partial charge in [0.05, 0.1) is 5.56 Å². The average Bonchev–Trinajstić information content (AvgIpc) is 2.69. The van der Waals surface area contributed by atoms with Crippen molar-refractivity contribution >= 4 is 10.8 Å². The lowest BCUT2D eigenvalue weighted by Crippen LogP contribution is -2.18. The fourth-order valence-electron chi connectivity index (χ4n) is 3.00. The van der Waals surface area contributed by atoms with Gasteiger partial charge in [0, 0.05) is 18.2 Å². The quantitative estimate of drug-likeness (QED) is 0.539. The summed E-state index contributed by atoms with van der Waals surface area (Å²) in [4.78, 5) is 0. The summed E-state index contributed by atoms with van der Waals surface area (Å²) >= 11 is 0. The zero-order chi connectivity index (χ0) is 20.0. The summed E-state index contributed by atoms with van der Waals surface area (Å²) in [6.07, 6.45) is -0.833. The Morgan fingerprint density at radius 2 is 1.75 bits per heavy atom. The topological polar surface area (TPSA) is 12.0 Å². The van der Waals surface area contributed by atoms with Gasteiger partial charge in [0.15, 0.2) is 0 Å². The molecule has 0 bridgehead atoms. The maximum atomic E-state index is 12.7. The van der Waals surface area contributed by atoms with Gasteiger partial charge in [-0.1, -0.05) is 66.4 Å². The number of nitrogens with one attached hydrogen (secondary N) is 1. The van der Waals surface area contributed by atoms with Crippen molar-refractivity contribution in [2.45, 2.75) is 19.1 Å². The van der Waals surface area contributed by atoms with Crippen LogP contribution in [0.25, 0.3) is 10.8 Å². The third-order valence-corrected chi connectivity index (χ3v) is 4.44. The number of rotatable bonds is 4. The number of hydrogen-bond donors (Lipinski definition) is 1. The fraction of sp³-hybridized carbons (Fsp3) is 0.167. The van der Waals surface area contributed by atoms with Crippen LogP contribution in [0, 0.1) is 11.8 Å². The van der Waals surface area contributed by atoms with E-state index in [0.717, 1.165) is 12.1 Å². The summed E-state index contributed by atoms with van der Waals surface area (Å²) in [6, 6.07) is 19.7. The molecule has 142 valence electrons. The van der Waals surface area contributed by atoms with E-state index in [4.69, 9.17) is 0 Å². The summed E-state index contributed by atoms with van der Waals surface area (Å²) in [6.45, 7) is 2.71. The van der Waals surface area contributed by atoms with Crippen LogP contribution in [0.4, 0.5) is 13.2 Å². The Bertz CT molecular complexity index is 1030. The minimum Gasteiger partial charge on any atom is -0.307 e. The molecule has 0 aliphatic rings. The molecule has 0 aliphatic carbocycles. The van der Waals surface area contributed by atoms with Crippen LogP contribution in [0.3, 0.4) is 0 Å². The highest BCUT2D eigenvalue weighted by Gasteiger charge is 2.30. The highest BCUT2D eigenvalue weighted by atomic mass is 19.4. The summed E-state index contributed by atoms with van der Waals surface area (Å²) in [7, 11) is 0. The van der Waals surface area contributed by atoms with Crippen LogP contribution in [-0.4, -0.2) is 6.54 Å². The van der Waals surface area contributed by atoms with E-state index < -0.39 is 11.7 Å². The molecular formula is C24H20F3N. The van der Waals surface area contributed by atoms with Crippen molar-refractivity contribution in [2.75, 3.05) is 6.54 Å². The lowest BCUT2D eigenvalue weighted by Gasteiger charge is -2.15. The average molecular weight is 379 g/mol. The second kappa shape index (κ2) is 8.77. The molecular weight excluding hydrogens is 359 g/mol. The number of allylic oxidation sites excluding steroid dienone is 1. The molecule has 3 aromatic carbocycles. The maximum absolute atomic E-state index is 12.7. The lowest BCUT2D eigenvalue weighted by atomic mass is 10.00. The smallest absolute Gasteiger partial charge is 0.307 e. The van der Waals surface area contributed by atoms with E-state index in [1.165, 1.54) is 22.4 Å². The SMILES string of the molecule is CC(NC/C=C/C#Cc1cccc(C(F)(F)F)c1)c1cccc2ccccc12. The standard InChI is InChI=1S/C24H20F3N/c1-18(22-15-8-12-20-11-4-5-14-23(20)22)28-16-6-2-3-9-19-10-7-13-21(17-19)24(25,26)27/h2,4-8,10-15,17-18,28H,16H2,1H3/b6-2+. The zero-order valence-electron chi connectivity index (χ0n) is 15.4. The van der Waals surface area contributed by atoms with Gasteiger partial charge >= 0.3 is 6.18 Å². The first-order valence-corrected chi connectivity index (χ1v) is 9.00. The Hall–Kier alpha value is -3.03. The number of halogens is 3. The third kappa shape index (κ3) is 5.03. The number of fused-ring (bicyclic) bond motifs is 1. The molecule has 0 spiro atoms. The molecule has 3 rings (SSSR count). The largest absolute Gasteiger partial charge is 0.416 e. The Labute approximate surface area is 162 Å². The van der Waals surface area contributed by atoms with Gasteiger partial charge in [-0.15, -0.1) is 0 Å². The van der Waals surface area contributed by atoms with Gasteiger partial charge in [0.25, 0.3) is 0 Å². The van der Waals surface area contributed by atoms with Crippen molar-refractivity contribution in [3.63, 3.8) is 0 Å². The second-order valence-electron chi connectivity index (χ2n) is 6.45. The summed E-state index contributed by atoms with van der Waals surface area (Å²) in [5, 5.41) is 5.84. The Balaban J connectivity index is 1.59. The maximum Gasteiger partial charge on any atom is 0.416 e. The van der Waals surface area contributed by atoms with Gasteiger partial charge in [-0.2, -0.15) is 13.2 Å². The van der Waals surface area contributed by atoms with Crippen molar-refractivity contribution in [3.8, 4) is 11.8 Å². The predicted octanol–water partition coefficient (Wildman–Crippen LogP) is 6.12. The minimum absolute atomic E-state index is 0.159. The van der Waals surface area contributed by atoms with E-state index >= 15 is 0 Å². The van der Waals surface area contributed by atoms with Crippen LogP contribution < -0.4 is 5.32 Å². The molecule has 0 radical (unpaired) electrons. The Kier molecular flexibility index (Phi) is 6.18. The monoisotopic (exact) mass is 379 g/mol. The number of benzene rings is 3. The van der Waals surface area contributed by atoms with E-state index in [9.17, 15) is 13.2 Å². The number of hydrogen-bond acceptors (Lipinski definition) is 1. The third-order valence-electron chi connectivity index (χ3n) is 4.44. The van der Waals surface area contributed by atoms with Crippen LogP contribution >= 0.6 is 0 Å². The summed E-state index contributed by atoms with van der Waals surface area (Å²) < 4.78 is 38.1. The fourth-order valence-corrected chi connectivity index (χ4v) is 3.00. The van der Waals surface area contributed by atoms with Crippen molar-refractivity contribution < 1.29 is 13.2 Å². The molecule has 0 heterocycles. The molecule has 28 heavy (non-hydrogen) atoms. The van der Waals surface area contributed by atoms with Gasteiger partial charge in [-0.3, -0.25) is 0 Å². The first-order chi connectivity index (χ1) is 13.4. The van der Waals surface area contributed by atoms with Crippen LogP contribution in [0.1, 0.15) is 29.7 Å². The number of alkyl halides is 3. The van der Waals surface area contributed by atoms with Gasteiger partial charge in [-0.25, -0.2) is 0 Å². The molecule has 4 heteroatoms. The molecule has 1 nitrogen and oxygen atoms in total. The summed E-state index contributed by atoms with van der Waals surface area (Å²) in [5.74, 6) is 5.52. The molecule has 1 unspecified atom stereocenters. The Morgan fingerprint density at radius 3 is 2.57 bits per heavy atom. The molecule has 0 saturated heterocycles. The Morgan fingerprint density at radius 1 is 1.00 bits per heavy atom. The second-order valence-corrected chi connectivity index (χ2v) is 6.45. The molecule has 0 fully saturated rings. The minimum atomic E-state index is -4.35. The normalized spacial score (nSPS) is 12.7. The first kappa shape index (κ1) is 19.7. The lowest BCUT2D eigenvalue weighted by molar-refractivity contribution is -0.137. The van der Waals surface area contributed by atoms with Crippen molar-refractivity contribution in [3.05, 3.63) is 95.6 Å². The van der Waals surface area contributed by atoms with Crippen molar-refractivity contribution in [1.82, 2.24) is 5.32 Å². The van der Waals surface area contributed by atoms with Gasteiger partial charge < -0.3 is 5.32 Å². The van der Waals surface area contributed by atoms with E-state index in [1.54, 1.807) is 12.1 Å². The molecule has 1 N–H and O–H groups in total. The van der Waals surface area contributed by atoms with Crippen molar-refractivity contribution in [1.29, 1.82) is 0 Å². The van der Waals surface area contributed by atoms with Gasteiger partial charge in [0.2, 0.25) is 0 Å². The summed E-state index contributed by atoms with van der Waals surface area (Å²) in [5.41, 5.74) is 0.881. The molecule has 1 atom stereocenters. The van der Waals surface area contributed by atoms with Crippen LogP contribution in [0.2, 0.25) is 0 Å². The molecule has 0 aromatic heterocycles. The molecule has 3 aromatic rings. The van der Waals surface area contributed by atoms with Crippen molar-refractivity contribution in [2.24, 2.45) is 0 Å². The first-order valence-electron chi connectivity index (χ1n) is 9.00. The van der Waals surface area contributed by atoms with Crippen LogP contribution in [0.5, 0.6) is 0 Å². The van der Waals surface area contributed by atoms with Crippen LogP contribution in [0.15, 0.2) is 78.9 Å². The van der Waals surface area contributed by atoms with E-state index in [0.29, 0.717) is 12.1 Å². The molecule has 0 aliphatic heterocycles. The highest BCUT2D eigenvalue weighted by Crippen LogP contribution is 2.29. The van der Waals surface area contributed by atoms with E-state index in [-0.39, 0.29) is 6.04 Å². The van der Waals surface area contributed by atoms with E-state index in [2.05, 4.69) is 48.3 Å². The highest BCUT2D eigenvalue weighted by molar-refractivity contribution is 5.86. The molecule has 0 saturated carbocycles.